The first-order valence-corrected chi connectivity index (χ1v) is 10.5. The van der Waals surface area contributed by atoms with E-state index >= 15 is 0 Å². The van der Waals surface area contributed by atoms with Gasteiger partial charge in [0.2, 0.25) is 15.9 Å². The molecule has 1 amide bonds. The topological polar surface area (TPSA) is 66.5 Å². The molecule has 1 aromatic rings. The maximum Gasteiger partial charge on any atom is 0.232 e. The molecule has 0 radical (unpaired) electrons. The fourth-order valence-electron chi connectivity index (χ4n) is 3.07. The molecule has 1 aliphatic rings. The molecule has 2 rings (SSSR count). The number of rotatable bonds is 6. The van der Waals surface area contributed by atoms with Crippen molar-refractivity contribution >= 4 is 33.2 Å². The van der Waals surface area contributed by atoms with Gasteiger partial charge in [-0.05, 0) is 37.5 Å². The van der Waals surface area contributed by atoms with Crippen LogP contribution in [0.5, 0.6) is 0 Å². The number of carbonyl (C=O) groups is 1. The number of aryl methyl sites for hydroxylation is 1. The molecule has 1 N–H and O–H groups in total. The summed E-state index contributed by atoms with van der Waals surface area (Å²) in [7, 11) is -3.49. The molecule has 0 atom stereocenters. The predicted octanol–water partition coefficient (Wildman–Crippen LogP) is 3.25. The number of hydrogen-bond acceptors (Lipinski definition) is 3. The Balaban J connectivity index is 2.04. The zero-order valence-corrected chi connectivity index (χ0v) is 15.8. The third-order valence-corrected chi connectivity index (χ3v) is 5.77. The first-order chi connectivity index (χ1) is 11.3. The van der Waals surface area contributed by atoms with E-state index in [1.165, 1.54) is 10.7 Å². The highest BCUT2D eigenvalue weighted by Gasteiger charge is 2.22. The highest BCUT2D eigenvalue weighted by atomic mass is 35.5. The van der Waals surface area contributed by atoms with Crippen LogP contribution in [0.2, 0.25) is 5.02 Å². The van der Waals surface area contributed by atoms with Crippen molar-refractivity contribution in [2.45, 2.75) is 51.5 Å². The number of nitrogens with one attached hydrogen (secondary N) is 1. The summed E-state index contributed by atoms with van der Waals surface area (Å²) < 4.78 is 25.6. The van der Waals surface area contributed by atoms with E-state index in [1.54, 1.807) is 18.2 Å². The average molecular weight is 373 g/mol. The van der Waals surface area contributed by atoms with Crippen molar-refractivity contribution in [3.05, 3.63) is 28.8 Å². The maximum atomic E-state index is 12.2. The first kappa shape index (κ1) is 19.1. The summed E-state index contributed by atoms with van der Waals surface area (Å²) in [5.74, 6) is -0.102. The number of hydrogen-bond donors (Lipinski definition) is 1. The second-order valence-corrected chi connectivity index (χ2v) is 8.76. The van der Waals surface area contributed by atoms with E-state index in [-0.39, 0.29) is 24.9 Å². The molecule has 134 valence electrons. The number of nitrogens with zero attached hydrogens (tertiary/aromatic N) is 1. The Bertz CT molecular complexity index is 685. The van der Waals surface area contributed by atoms with Crippen molar-refractivity contribution in [2.24, 2.45) is 0 Å². The molecule has 0 bridgehead atoms. The predicted molar refractivity (Wildman–Crippen MR) is 98.0 cm³/mol. The van der Waals surface area contributed by atoms with E-state index in [0.717, 1.165) is 37.5 Å². The highest BCUT2D eigenvalue weighted by Crippen LogP contribution is 2.26. The van der Waals surface area contributed by atoms with E-state index in [4.69, 9.17) is 11.6 Å². The van der Waals surface area contributed by atoms with E-state index in [0.29, 0.717) is 10.7 Å². The van der Waals surface area contributed by atoms with Crippen LogP contribution in [-0.4, -0.2) is 33.2 Å². The number of amides is 1. The van der Waals surface area contributed by atoms with Gasteiger partial charge in [0.1, 0.15) is 0 Å². The number of halogens is 1. The molecule has 0 saturated heterocycles. The summed E-state index contributed by atoms with van der Waals surface area (Å²) in [6, 6.07) is 5.34. The van der Waals surface area contributed by atoms with Gasteiger partial charge < -0.3 is 5.32 Å². The third kappa shape index (κ3) is 5.38. The molecular formula is C17H25ClN2O3S. The third-order valence-electron chi connectivity index (χ3n) is 4.35. The molecule has 1 aromatic carbocycles. The van der Waals surface area contributed by atoms with Crippen molar-refractivity contribution in [3.8, 4) is 0 Å². The summed E-state index contributed by atoms with van der Waals surface area (Å²) in [6.45, 7) is 1.94. The molecule has 24 heavy (non-hydrogen) atoms. The van der Waals surface area contributed by atoms with Crippen LogP contribution in [0.25, 0.3) is 0 Å². The Morgan fingerprint density at radius 3 is 2.58 bits per heavy atom. The Kier molecular flexibility index (Phi) is 6.52. The van der Waals surface area contributed by atoms with Crippen LogP contribution >= 0.6 is 11.6 Å². The van der Waals surface area contributed by atoms with Crippen LogP contribution in [0.4, 0.5) is 5.69 Å². The van der Waals surface area contributed by atoms with Crippen LogP contribution in [0.1, 0.15) is 44.1 Å². The van der Waals surface area contributed by atoms with Crippen molar-refractivity contribution in [1.82, 2.24) is 5.32 Å². The van der Waals surface area contributed by atoms with Gasteiger partial charge in [-0.25, -0.2) is 8.42 Å². The number of benzene rings is 1. The SMILES string of the molecule is Cc1ccc(Cl)cc1N(CCC(=O)NC1CCCCC1)S(C)(=O)=O. The molecule has 1 fully saturated rings. The van der Waals surface area contributed by atoms with Gasteiger partial charge >= 0.3 is 0 Å². The van der Waals surface area contributed by atoms with Crippen LogP contribution < -0.4 is 9.62 Å². The quantitative estimate of drug-likeness (QED) is 0.833. The van der Waals surface area contributed by atoms with E-state index < -0.39 is 10.0 Å². The lowest BCUT2D eigenvalue weighted by atomic mass is 9.95. The maximum absolute atomic E-state index is 12.2. The standard InChI is InChI=1S/C17H25ClN2O3S/c1-13-8-9-14(18)12-16(13)20(24(2,22)23)11-10-17(21)19-15-6-4-3-5-7-15/h8-9,12,15H,3-7,10-11H2,1-2H3,(H,19,21). The van der Waals surface area contributed by atoms with Gasteiger partial charge in [-0.1, -0.05) is 36.9 Å². The molecule has 7 heteroatoms. The molecule has 0 unspecified atom stereocenters. The molecule has 1 saturated carbocycles. The van der Waals surface area contributed by atoms with E-state index in [2.05, 4.69) is 5.32 Å². The summed E-state index contributed by atoms with van der Waals surface area (Å²) in [6.07, 6.45) is 6.80. The lowest BCUT2D eigenvalue weighted by Gasteiger charge is -2.26. The monoisotopic (exact) mass is 372 g/mol. The van der Waals surface area contributed by atoms with E-state index in [1.807, 2.05) is 6.92 Å². The van der Waals surface area contributed by atoms with Gasteiger partial charge in [0.25, 0.3) is 0 Å². The minimum atomic E-state index is -3.49. The fraction of sp³-hybridized carbons (Fsp3) is 0.588. The van der Waals surface area contributed by atoms with E-state index in [9.17, 15) is 13.2 Å². The Hall–Kier alpha value is -1.27. The van der Waals surface area contributed by atoms with Crippen molar-refractivity contribution < 1.29 is 13.2 Å². The zero-order valence-electron chi connectivity index (χ0n) is 14.2. The van der Waals surface area contributed by atoms with Gasteiger partial charge in [0, 0.05) is 24.0 Å². The fourth-order valence-corrected chi connectivity index (χ4v) is 4.21. The highest BCUT2D eigenvalue weighted by molar-refractivity contribution is 7.92. The second-order valence-electron chi connectivity index (χ2n) is 6.42. The lowest BCUT2D eigenvalue weighted by Crippen LogP contribution is -2.39. The summed E-state index contributed by atoms with van der Waals surface area (Å²) in [5.41, 5.74) is 1.33. The Morgan fingerprint density at radius 1 is 1.29 bits per heavy atom. The molecular weight excluding hydrogens is 348 g/mol. The second kappa shape index (κ2) is 8.21. The zero-order chi connectivity index (χ0) is 17.7. The molecule has 0 heterocycles. The summed E-state index contributed by atoms with van der Waals surface area (Å²) >= 11 is 6.00. The number of sulfonamides is 1. The van der Waals surface area contributed by atoms with Crippen molar-refractivity contribution in [3.63, 3.8) is 0 Å². The van der Waals surface area contributed by atoms with Crippen LogP contribution in [0.3, 0.4) is 0 Å². The molecule has 0 aromatic heterocycles. The Labute approximate surface area is 149 Å². The molecule has 0 spiro atoms. The van der Waals surface area contributed by atoms with Crippen molar-refractivity contribution in [2.75, 3.05) is 17.1 Å². The number of anilines is 1. The smallest absolute Gasteiger partial charge is 0.232 e. The van der Waals surface area contributed by atoms with Gasteiger partial charge in [0.05, 0.1) is 11.9 Å². The van der Waals surface area contributed by atoms with Crippen LogP contribution in [0, 0.1) is 6.92 Å². The summed E-state index contributed by atoms with van der Waals surface area (Å²) in [5, 5.41) is 3.49. The summed E-state index contributed by atoms with van der Waals surface area (Å²) in [4.78, 5) is 12.2. The normalized spacial score (nSPS) is 16.0. The molecule has 0 aliphatic heterocycles. The minimum absolute atomic E-state index is 0.102. The average Bonchev–Trinajstić information content (AvgIpc) is 2.50. The lowest BCUT2D eigenvalue weighted by molar-refractivity contribution is -0.121. The molecule has 5 nitrogen and oxygen atoms in total. The van der Waals surface area contributed by atoms with Gasteiger partial charge in [-0.2, -0.15) is 0 Å². The molecule has 1 aliphatic carbocycles. The Morgan fingerprint density at radius 2 is 1.96 bits per heavy atom. The van der Waals surface area contributed by atoms with Crippen molar-refractivity contribution in [1.29, 1.82) is 0 Å². The largest absolute Gasteiger partial charge is 0.353 e. The van der Waals surface area contributed by atoms with Gasteiger partial charge in [0.15, 0.2) is 0 Å². The van der Waals surface area contributed by atoms with Crippen LogP contribution in [0.15, 0.2) is 18.2 Å². The van der Waals surface area contributed by atoms with Crippen LogP contribution in [-0.2, 0) is 14.8 Å². The minimum Gasteiger partial charge on any atom is -0.353 e. The van der Waals surface area contributed by atoms with Gasteiger partial charge in [-0.15, -0.1) is 0 Å². The number of carbonyl (C=O) groups excluding carboxylic acids is 1. The first-order valence-electron chi connectivity index (χ1n) is 8.30. The van der Waals surface area contributed by atoms with Gasteiger partial charge in [-0.3, -0.25) is 9.10 Å².